The highest BCUT2D eigenvalue weighted by Gasteiger charge is 2.02. The van der Waals surface area contributed by atoms with Gasteiger partial charge in [0.1, 0.15) is 0 Å². The fourth-order valence-electron chi connectivity index (χ4n) is 2.38. The van der Waals surface area contributed by atoms with Crippen LogP contribution in [0.25, 0.3) is 0 Å². The molecule has 0 bridgehead atoms. The van der Waals surface area contributed by atoms with E-state index in [0.717, 1.165) is 18.9 Å². The Labute approximate surface area is 169 Å². The van der Waals surface area contributed by atoms with Gasteiger partial charge in [-0.2, -0.15) is 0 Å². The first kappa shape index (κ1) is 21.3. The average molecular weight is 452 g/mol. The van der Waals surface area contributed by atoms with Gasteiger partial charge < -0.3 is 15.1 Å². The maximum atomic E-state index is 4.69. The van der Waals surface area contributed by atoms with E-state index in [4.69, 9.17) is 0 Å². The normalized spacial score (nSPS) is 10.8. The fraction of sp³-hybridized carbons (Fsp3) is 0.350. The van der Waals surface area contributed by atoms with Crippen LogP contribution in [0.3, 0.4) is 0 Å². The molecule has 0 heterocycles. The van der Waals surface area contributed by atoms with Gasteiger partial charge in [-0.25, -0.2) is 4.99 Å². The minimum atomic E-state index is 0. The Hall–Kier alpha value is -1.76. The van der Waals surface area contributed by atoms with Crippen LogP contribution >= 0.6 is 24.0 Å². The van der Waals surface area contributed by atoms with Crippen molar-refractivity contribution in [2.75, 3.05) is 39.6 Å². The Morgan fingerprint density at radius 3 is 2.08 bits per heavy atom. The molecule has 0 atom stereocenters. The van der Waals surface area contributed by atoms with Gasteiger partial charge in [0, 0.05) is 40.4 Å². The lowest BCUT2D eigenvalue weighted by atomic mass is 10.1. The van der Waals surface area contributed by atoms with Crippen molar-refractivity contribution in [2.45, 2.75) is 13.0 Å². The number of anilines is 1. The molecule has 0 aromatic heterocycles. The third-order valence-corrected chi connectivity index (χ3v) is 3.83. The lowest BCUT2D eigenvalue weighted by Crippen LogP contribution is -2.37. The summed E-state index contributed by atoms with van der Waals surface area (Å²) in [5.74, 6) is 0.920. The first-order valence-electron chi connectivity index (χ1n) is 8.32. The zero-order chi connectivity index (χ0) is 17.4. The Bertz CT molecular complexity index is 637. The molecule has 5 heteroatoms. The number of rotatable bonds is 6. The number of aliphatic imine (C=N–C) groups is 1. The standard InChI is InChI=1S/C20H28N4.HI/c1-23(2)19-12-10-17(11-13-19)14-15-21-20(24(3)4)22-16-18-8-6-5-7-9-18;/h5-13H,14-16H2,1-4H3,(H,21,22);1H. The molecule has 0 unspecified atom stereocenters. The van der Waals surface area contributed by atoms with Crippen LogP contribution in [-0.4, -0.2) is 45.6 Å². The third kappa shape index (κ3) is 7.34. The minimum Gasteiger partial charge on any atom is -0.378 e. The molecule has 0 saturated heterocycles. The van der Waals surface area contributed by atoms with Gasteiger partial charge in [0.25, 0.3) is 0 Å². The molecule has 0 aliphatic carbocycles. The van der Waals surface area contributed by atoms with E-state index >= 15 is 0 Å². The molecular formula is C20H29IN4. The first-order valence-corrected chi connectivity index (χ1v) is 8.32. The largest absolute Gasteiger partial charge is 0.378 e. The highest BCUT2D eigenvalue weighted by atomic mass is 127. The molecule has 25 heavy (non-hydrogen) atoms. The van der Waals surface area contributed by atoms with E-state index in [1.807, 2.05) is 37.2 Å². The zero-order valence-electron chi connectivity index (χ0n) is 15.6. The maximum absolute atomic E-state index is 4.69. The molecule has 1 N–H and O–H groups in total. The number of hydrogen-bond acceptors (Lipinski definition) is 2. The van der Waals surface area contributed by atoms with Gasteiger partial charge >= 0.3 is 0 Å². The summed E-state index contributed by atoms with van der Waals surface area (Å²) in [5, 5.41) is 3.44. The van der Waals surface area contributed by atoms with Crippen LogP contribution in [0, 0.1) is 0 Å². The highest BCUT2D eigenvalue weighted by Crippen LogP contribution is 2.12. The minimum absolute atomic E-state index is 0. The first-order chi connectivity index (χ1) is 11.6. The Kier molecular flexibility index (Phi) is 9.34. The van der Waals surface area contributed by atoms with Crippen LogP contribution in [0.1, 0.15) is 11.1 Å². The number of nitrogens with zero attached hydrogens (tertiary/aromatic N) is 3. The Balaban J connectivity index is 0.00000312. The van der Waals surface area contributed by atoms with E-state index in [-0.39, 0.29) is 24.0 Å². The second-order valence-electron chi connectivity index (χ2n) is 6.26. The van der Waals surface area contributed by atoms with Crippen LogP contribution in [0.2, 0.25) is 0 Å². The average Bonchev–Trinajstić information content (AvgIpc) is 2.59. The van der Waals surface area contributed by atoms with Gasteiger partial charge in [0.2, 0.25) is 0 Å². The van der Waals surface area contributed by atoms with Crippen LogP contribution in [0.5, 0.6) is 0 Å². The maximum Gasteiger partial charge on any atom is 0.193 e. The molecule has 0 radical (unpaired) electrons. The summed E-state index contributed by atoms with van der Waals surface area (Å²) in [6.45, 7) is 1.56. The van der Waals surface area contributed by atoms with Gasteiger partial charge in [-0.05, 0) is 29.7 Å². The van der Waals surface area contributed by atoms with Crippen molar-refractivity contribution in [3.05, 3.63) is 65.7 Å². The third-order valence-electron chi connectivity index (χ3n) is 3.83. The molecule has 0 aliphatic heterocycles. The predicted octanol–water partition coefficient (Wildman–Crippen LogP) is 3.62. The van der Waals surface area contributed by atoms with Gasteiger partial charge in [0.15, 0.2) is 5.96 Å². The molecular weight excluding hydrogens is 423 g/mol. The van der Waals surface area contributed by atoms with Crippen molar-refractivity contribution in [2.24, 2.45) is 4.99 Å². The molecule has 4 nitrogen and oxygen atoms in total. The van der Waals surface area contributed by atoms with Crippen molar-refractivity contribution in [3.8, 4) is 0 Å². The summed E-state index contributed by atoms with van der Waals surface area (Å²) in [7, 11) is 8.15. The number of benzene rings is 2. The van der Waals surface area contributed by atoms with Crippen LogP contribution in [0.4, 0.5) is 5.69 Å². The van der Waals surface area contributed by atoms with E-state index in [0.29, 0.717) is 6.54 Å². The molecule has 0 spiro atoms. The topological polar surface area (TPSA) is 30.9 Å². The SMILES string of the molecule is CN(C)C(=NCc1ccccc1)NCCc1ccc(N(C)C)cc1.I. The summed E-state index contributed by atoms with van der Waals surface area (Å²) >= 11 is 0. The van der Waals surface area contributed by atoms with Crippen LogP contribution in [0.15, 0.2) is 59.6 Å². The summed E-state index contributed by atoms with van der Waals surface area (Å²) in [6, 6.07) is 19.0. The molecule has 0 amide bonds. The molecule has 2 aromatic rings. The summed E-state index contributed by atoms with van der Waals surface area (Å²) in [6.07, 6.45) is 0.978. The highest BCUT2D eigenvalue weighted by molar-refractivity contribution is 14.0. The van der Waals surface area contributed by atoms with Crippen molar-refractivity contribution < 1.29 is 0 Å². The molecule has 2 aromatic carbocycles. The van der Waals surface area contributed by atoms with E-state index in [1.54, 1.807) is 0 Å². The van der Waals surface area contributed by atoms with E-state index in [9.17, 15) is 0 Å². The van der Waals surface area contributed by atoms with Crippen LogP contribution < -0.4 is 10.2 Å². The lowest BCUT2D eigenvalue weighted by Gasteiger charge is -2.18. The number of hydrogen-bond donors (Lipinski definition) is 1. The lowest BCUT2D eigenvalue weighted by molar-refractivity contribution is 0.579. The van der Waals surface area contributed by atoms with E-state index in [1.165, 1.54) is 16.8 Å². The number of guanidine groups is 1. The van der Waals surface area contributed by atoms with Crippen molar-refractivity contribution in [1.82, 2.24) is 10.2 Å². The Morgan fingerprint density at radius 1 is 0.880 bits per heavy atom. The molecule has 0 aliphatic rings. The van der Waals surface area contributed by atoms with Crippen molar-refractivity contribution in [1.29, 1.82) is 0 Å². The molecule has 0 saturated carbocycles. The summed E-state index contributed by atoms with van der Waals surface area (Å²) in [5.41, 5.74) is 3.78. The van der Waals surface area contributed by atoms with Gasteiger partial charge in [-0.15, -0.1) is 24.0 Å². The second-order valence-corrected chi connectivity index (χ2v) is 6.26. The van der Waals surface area contributed by atoms with Gasteiger partial charge in [-0.1, -0.05) is 42.5 Å². The van der Waals surface area contributed by atoms with Gasteiger partial charge in [-0.3, -0.25) is 0 Å². The predicted molar refractivity (Wildman–Crippen MR) is 119 cm³/mol. The molecule has 136 valence electrons. The van der Waals surface area contributed by atoms with Crippen molar-refractivity contribution >= 4 is 35.6 Å². The summed E-state index contributed by atoms with van der Waals surface area (Å²) in [4.78, 5) is 8.83. The van der Waals surface area contributed by atoms with E-state index < -0.39 is 0 Å². The smallest absolute Gasteiger partial charge is 0.193 e. The fourth-order valence-corrected chi connectivity index (χ4v) is 2.38. The molecule has 0 fully saturated rings. The summed E-state index contributed by atoms with van der Waals surface area (Å²) < 4.78 is 0. The Morgan fingerprint density at radius 2 is 1.52 bits per heavy atom. The number of nitrogens with one attached hydrogen (secondary N) is 1. The zero-order valence-corrected chi connectivity index (χ0v) is 17.9. The second kappa shape index (κ2) is 11.0. The monoisotopic (exact) mass is 452 g/mol. The van der Waals surface area contributed by atoms with Gasteiger partial charge in [0.05, 0.1) is 6.54 Å². The number of halogens is 1. The van der Waals surface area contributed by atoms with E-state index in [2.05, 4.69) is 65.7 Å². The van der Waals surface area contributed by atoms with Crippen molar-refractivity contribution in [3.63, 3.8) is 0 Å². The quantitative estimate of drug-likeness (QED) is 0.413. The van der Waals surface area contributed by atoms with Crippen LogP contribution in [-0.2, 0) is 13.0 Å². The molecule has 2 rings (SSSR count).